The van der Waals surface area contributed by atoms with Crippen molar-refractivity contribution in [2.75, 3.05) is 5.32 Å². The zero-order valence-corrected chi connectivity index (χ0v) is 18.3. The van der Waals surface area contributed by atoms with Gasteiger partial charge in [0.15, 0.2) is 0 Å². The van der Waals surface area contributed by atoms with Gasteiger partial charge in [0.2, 0.25) is 10.7 Å². The van der Waals surface area contributed by atoms with E-state index in [1.54, 1.807) is 6.21 Å². The molecule has 0 radical (unpaired) electrons. The maximum absolute atomic E-state index is 11.2. The number of carbonyl (C=O) groups is 1. The summed E-state index contributed by atoms with van der Waals surface area (Å²) in [5.41, 5.74) is 4.45. The number of anilines is 1. The zero-order chi connectivity index (χ0) is 21.6. The Bertz CT molecular complexity index is 1270. The van der Waals surface area contributed by atoms with Crippen LogP contribution in [0.2, 0.25) is 5.02 Å². The number of thiazole rings is 1. The SMILES string of the molecule is CC(=O)Nc1ccc(/C=N/n2c(-c3ccccc3)csc2=Nc2ccc(Cl)cc2)cc1. The lowest BCUT2D eigenvalue weighted by Crippen LogP contribution is -2.11. The molecule has 31 heavy (non-hydrogen) atoms. The van der Waals surface area contributed by atoms with Crippen LogP contribution in [0.4, 0.5) is 11.4 Å². The monoisotopic (exact) mass is 446 g/mol. The average molecular weight is 447 g/mol. The molecule has 3 aromatic carbocycles. The second-order valence-corrected chi connectivity index (χ2v) is 7.99. The molecule has 0 saturated carbocycles. The molecule has 4 aromatic rings. The number of halogens is 1. The summed E-state index contributed by atoms with van der Waals surface area (Å²) < 4.78 is 1.83. The van der Waals surface area contributed by atoms with Gasteiger partial charge in [-0.1, -0.05) is 54.1 Å². The van der Waals surface area contributed by atoms with Crippen LogP contribution in [0.15, 0.2) is 94.3 Å². The van der Waals surface area contributed by atoms with Crippen molar-refractivity contribution in [2.24, 2.45) is 10.1 Å². The molecule has 4 rings (SSSR count). The van der Waals surface area contributed by atoms with Crippen LogP contribution in [0.3, 0.4) is 0 Å². The number of aromatic nitrogens is 1. The molecule has 154 valence electrons. The summed E-state index contributed by atoms with van der Waals surface area (Å²) in [4.78, 5) is 16.7. The second kappa shape index (κ2) is 9.55. The topological polar surface area (TPSA) is 58.8 Å². The van der Waals surface area contributed by atoms with Crippen molar-refractivity contribution in [1.82, 2.24) is 4.68 Å². The number of benzene rings is 3. The zero-order valence-electron chi connectivity index (χ0n) is 16.7. The van der Waals surface area contributed by atoms with E-state index in [9.17, 15) is 4.79 Å². The fourth-order valence-electron chi connectivity index (χ4n) is 2.90. The van der Waals surface area contributed by atoms with Crippen LogP contribution < -0.4 is 10.1 Å². The predicted octanol–water partition coefficient (Wildman–Crippen LogP) is 5.94. The first kappa shape index (κ1) is 20.8. The lowest BCUT2D eigenvalue weighted by atomic mass is 10.2. The Morgan fingerprint density at radius 2 is 1.71 bits per heavy atom. The third-order valence-corrected chi connectivity index (χ3v) is 5.43. The molecule has 5 nitrogen and oxygen atoms in total. The van der Waals surface area contributed by atoms with Crippen molar-refractivity contribution in [3.05, 3.63) is 99.6 Å². The largest absolute Gasteiger partial charge is 0.326 e. The van der Waals surface area contributed by atoms with E-state index in [1.807, 2.05) is 88.9 Å². The van der Waals surface area contributed by atoms with Crippen molar-refractivity contribution in [1.29, 1.82) is 0 Å². The van der Waals surface area contributed by atoms with Crippen LogP contribution in [0.1, 0.15) is 12.5 Å². The molecule has 0 unspecified atom stereocenters. The van der Waals surface area contributed by atoms with E-state index < -0.39 is 0 Å². The highest BCUT2D eigenvalue weighted by atomic mass is 35.5. The van der Waals surface area contributed by atoms with Crippen molar-refractivity contribution < 1.29 is 4.79 Å². The van der Waals surface area contributed by atoms with Gasteiger partial charge in [-0.25, -0.2) is 9.67 Å². The van der Waals surface area contributed by atoms with Gasteiger partial charge in [-0.2, -0.15) is 5.10 Å². The normalized spacial score (nSPS) is 11.7. The summed E-state index contributed by atoms with van der Waals surface area (Å²) in [5, 5.41) is 10.2. The van der Waals surface area contributed by atoms with Crippen LogP contribution >= 0.6 is 22.9 Å². The minimum atomic E-state index is -0.101. The molecular formula is C24H19ClN4OS. The first-order valence-corrected chi connectivity index (χ1v) is 10.8. The van der Waals surface area contributed by atoms with E-state index in [0.717, 1.165) is 33.0 Å². The highest BCUT2D eigenvalue weighted by Gasteiger charge is 2.07. The molecular weight excluding hydrogens is 428 g/mol. The molecule has 1 amide bonds. The van der Waals surface area contributed by atoms with Gasteiger partial charge in [-0.3, -0.25) is 4.79 Å². The van der Waals surface area contributed by atoms with Gasteiger partial charge >= 0.3 is 0 Å². The first-order valence-electron chi connectivity index (χ1n) is 9.57. The van der Waals surface area contributed by atoms with Crippen LogP contribution in [0.25, 0.3) is 11.3 Å². The number of rotatable bonds is 5. The highest BCUT2D eigenvalue weighted by molar-refractivity contribution is 7.07. The predicted molar refractivity (Wildman–Crippen MR) is 128 cm³/mol. The standard InChI is InChI=1S/C24H19ClN4OS/c1-17(30)27-21-11-7-18(8-12-21)15-26-29-23(19-5-3-2-4-6-19)16-31-24(29)28-22-13-9-20(25)10-14-22/h2-16H,1H3,(H,27,30)/b26-15+,28-24?. The molecule has 0 saturated heterocycles. The lowest BCUT2D eigenvalue weighted by molar-refractivity contribution is -0.114. The Balaban J connectivity index is 1.73. The molecule has 0 fully saturated rings. The van der Waals surface area contributed by atoms with E-state index in [0.29, 0.717) is 5.02 Å². The van der Waals surface area contributed by atoms with E-state index >= 15 is 0 Å². The summed E-state index contributed by atoms with van der Waals surface area (Å²) in [6.45, 7) is 1.49. The van der Waals surface area contributed by atoms with Crippen LogP contribution in [-0.2, 0) is 4.79 Å². The summed E-state index contributed by atoms with van der Waals surface area (Å²) in [6.07, 6.45) is 1.78. The average Bonchev–Trinajstić information content (AvgIpc) is 3.17. The third-order valence-electron chi connectivity index (χ3n) is 4.36. The number of hydrogen-bond donors (Lipinski definition) is 1. The number of carbonyl (C=O) groups excluding carboxylic acids is 1. The summed E-state index contributed by atoms with van der Waals surface area (Å²) in [5.74, 6) is -0.101. The summed E-state index contributed by atoms with van der Waals surface area (Å²) in [7, 11) is 0. The van der Waals surface area contributed by atoms with Crippen molar-refractivity contribution in [2.45, 2.75) is 6.92 Å². The van der Waals surface area contributed by atoms with Crippen molar-refractivity contribution in [3.8, 4) is 11.3 Å². The number of nitrogens with zero attached hydrogens (tertiary/aromatic N) is 3. The van der Waals surface area contributed by atoms with Gasteiger partial charge in [0, 0.05) is 28.6 Å². The van der Waals surface area contributed by atoms with Crippen molar-refractivity contribution in [3.63, 3.8) is 0 Å². The maximum atomic E-state index is 11.2. The van der Waals surface area contributed by atoms with Gasteiger partial charge in [0.05, 0.1) is 17.6 Å². The smallest absolute Gasteiger partial charge is 0.221 e. The summed E-state index contributed by atoms with van der Waals surface area (Å²) in [6, 6.07) is 24.9. The fraction of sp³-hybridized carbons (Fsp3) is 0.0417. The molecule has 1 heterocycles. The van der Waals surface area contributed by atoms with Crippen molar-refractivity contribution >= 4 is 46.4 Å². The van der Waals surface area contributed by atoms with Gasteiger partial charge in [0.1, 0.15) is 0 Å². The van der Waals surface area contributed by atoms with E-state index in [-0.39, 0.29) is 5.91 Å². The van der Waals surface area contributed by atoms with E-state index in [4.69, 9.17) is 21.7 Å². The van der Waals surface area contributed by atoms with E-state index in [1.165, 1.54) is 18.3 Å². The Labute approximate surface area is 189 Å². The Kier molecular flexibility index (Phi) is 6.40. The van der Waals surface area contributed by atoms with Gasteiger partial charge in [-0.15, -0.1) is 11.3 Å². The van der Waals surface area contributed by atoms with Gasteiger partial charge in [0.25, 0.3) is 0 Å². The lowest BCUT2D eigenvalue weighted by Gasteiger charge is -2.04. The van der Waals surface area contributed by atoms with E-state index in [2.05, 4.69) is 5.32 Å². The van der Waals surface area contributed by atoms with Crippen LogP contribution in [0.5, 0.6) is 0 Å². The van der Waals surface area contributed by atoms with Crippen LogP contribution in [0, 0.1) is 0 Å². The molecule has 1 aromatic heterocycles. The molecule has 0 aliphatic carbocycles. The maximum Gasteiger partial charge on any atom is 0.221 e. The molecule has 1 N–H and O–H groups in total. The first-order chi connectivity index (χ1) is 15.1. The molecule has 0 aliphatic heterocycles. The quantitative estimate of drug-likeness (QED) is 0.379. The second-order valence-electron chi connectivity index (χ2n) is 6.72. The summed E-state index contributed by atoms with van der Waals surface area (Å²) >= 11 is 7.51. The molecule has 0 bridgehead atoms. The molecule has 0 atom stereocenters. The molecule has 0 spiro atoms. The van der Waals surface area contributed by atoms with Crippen LogP contribution in [-0.4, -0.2) is 16.8 Å². The number of amides is 1. The highest BCUT2D eigenvalue weighted by Crippen LogP contribution is 2.21. The minimum absolute atomic E-state index is 0.101. The molecule has 7 heteroatoms. The Hall–Kier alpha value is -3.48. The minimum Gasteiger partial charge on any atom is -0.326 e. The Morgan fingerprint density at radius 3 is 2.39 bits per heavy atom. The number of hydrogen-bond acceptors (Lipinski definition) is 4. The fourth-order valence-corrected chi connectivity index (χ4v) is 3.88. The van der Waals surface area contributed by atoms with Gasteiger partial charge < -0.3 is 5.32 Å². The van der Waals surface area contributed by atoms with Gasteiger partial charge in [-0.05, 0) is 42.0 Å². The number of nitrogens with one attached hydrogen (secondary N) is 1. The Morgan fingerprint density at radius 1 is 1.00 bits per heavy atom. The third kappa shape index (κ3) is 5.36. The molecule has 0 aliphatic rings.